The summed E-state index contributed by atoms with van der Waals surface area (Å²) in [6.07, 6.45) is 0.325. The number of nitrogens with one attached hydrogen (secondary N) is 1. The summed E-state index contributed by atoms with van der Waals surface area (Å²) >= 11 is 0. The van der Waals surface area contributed by atoms with E-state index >= 15 is 0 Å². The van der Waals surface area contributed by atoms with E-state index in [1.54, 1.807) is 48.5 Å². The number of hydrogen-bond donors (Lipinski definition) is 1. The number of ether oxygens (including phenoxy) is 1. The van der Waals surface area contributed by atoms with Gasteiger partial charge in [-0.25, -0.2) is 4.79 Å². The zero-order chi connectivity index (χ0) is 20.5. The van der Waals surface area contributed by atoms with E-state index in [1.807, 2.05) is 42.5 Å². The molecule has 0 radical (unpaired) electrons. The second-order valence-corrected chi connectivity index (χ2v) is 6.50. The molecule has 1 atom stereocenters. The molecule has 3 aromatic rings. The largest absolute Gasteiger partial charge is 0.459 e. The van der Waals surface area contributed by atoms with Crippen LogP contribution in [0.2, 0.25) is 0 Å². The van der Waals surface area contributed by atoms with Gasteiger partial charge in [-0.15, -0.1) is 0 Å². The van der Waals surface area contributed by atoms with E-state index in [4.69, 9.17) is 10.00 Å². The number of nitrogens with zero attached hydrogens (tertiary/aromatic N) is 1. The predicted octanol–water partition coefficient (Wildman–Crippen LogP) is 3.64. The molecule has 0 saturated carbocycles. The summed E-state index contributed by atoms with van der Waals surface area (Å²) in [5, 5.41) is 11.6. The van der Waals surface area contributed by atoms with Crippen molar-refractivity contribution in [3.63, 3.8) is 0 Å². The first kappa shape index (κ1) is 19.8. The third kappa shape index (κ3) is 5.78. The molecule has 1 amide bonds. The van der Waals surface area contributed by atoms with E-state index in [1.165, 1.54) is 0 Å². The van der Waals surface area contributed by atoms with Crippen molar-refractivity contribution in [1.29, 1.82) is 5.26 Å². The Morgan fingerprint density at radius 1 is 0.862 bits per heavy atom. The molecule has 3 aromatic carbocycles. The topological polar surface area (TPSA) is 79.2 Å². The Labute approximate surface area is 169 Å². The lowest BCUT2D eigenvalue weighted by Crippen LogP contribution is -2.43. The lowest BCUT2D eigenvalue weighted by atomic mass is 10.1. The molecule has 0 aliphatic heterocycles. The third-order valence-electron chi connectivity index (χ3n) is 4.37. The molecular formula is C24H20N2O3. The highest BCUT2D eigenvalue weighted by Gasteiger charge is 2.23. The average molecular weight is 384 g/mol. The molecule has 0 aromatic heterocycles. The van der Waals surface area contributed by atoms with Crippen LogP contribution in [0.5, 0.6) is 0 Å². The van der Waals surface area contributed by atoms with Gasteiger partial charge in [0.2, 0.25) is 0 Å². The highest BCUT2D eigenvalue weighted by molar-refractivity contribution is 5.96. The van der Waals surface area contributed by atoms with Crippen molar-refractivity contribution in [2.45, 2.75) is 19.1 Å². The van der Waals surface area contributed by atoms with Gasteiger partial charge in [0.1, 0.15) is 12.6 Å². The van der Waals surface area contributed by atoms with Crippen LogP contribution in [0, 0.1) is 11.3 Å². The Bertz CT molecular complexity index is 994. The Morgan fingerprint density at radius 3 is 2.10 bits per heavy atom. The van der Waals surface area contributed by atoms with Gasteiger partial charge in [0.15, 0.2) is 0 Å². The molecule has 0 saturated heterocycles. The Kier molecular flexibility index (Phi) is 6.75. The number of carbonyl (C=O) groups excluding carboxylic acids is 2. The highest BCUT2D eigenvalue weighted by Crippen LogP contribution is 2.09. The first-order valence-electron chi connectivity index (χ1n) is 9.21. The molecule has 1 N–H and O–H groups in total. The minimum Gasteiger partial charge on any atom is -0.459 e. The number of benzene rings is 3. The number of amides is 1. The van der Waals surface area contributed by atoms with Crippen molar-refractivity contribution < 1.29 is 14.3 Å². The van der Waals surface area contributed by atoms with Crippen molar-refractivity contribution in [3.8, 4) is 6.07 Å². The van der Waals surface area contributed by atoms with Crippen LogP contribution in [0.3, 0.4) is 0 Å². The smallest absolute Gasteiger partial charge is 0.329 e. The van der Waals surface area contributed by atoms with Crippen LogP contribution in [0.4, 0.5) is 0 Å². The maximum absolute atomic E-state index is 12.7. The number of nitriles is 1. The van der Waals surface area contributed by atoms with Crippen molar-refractivity contribution >= 4 is 11.9 Å². The molecule has 0 bridgehead atoms. The predicted molar refractivity (Wildman–Crippen MR) is 109 cm³/mol. The zero-order valence-corrected chi connectivity index (χ0v) is 15.7. The summed E-state index contributed by atoms with van der Waals surface area (Å²) in [4.78, 5) is 25.3. The summed E-state index contributed by atoms with van der Waals surface area (Å²) in [5.41, 5.74) is 2.70. The molecule has 5 heteroatoms. The normalized spacial score (nSPS) is 11.1. The molecule has 0 heterocycles. The molecule has 0 aliphatic carbocycles. The van der Waals surface area contributed by atoms with E-state index in [-0.39, 0.29) is 12.5 Å². The van der Waals surface area contributed by atoms with Crippen LogP contribution in [0.15, 0.2) is 84.9 Å². The maximum Gasteiger partial charge on any atom is 0.329 e. The zero-order valence-electron chi connectivity index (χ0n) is 15.7. The van der Waals surface area contributed by atoms with Crippen LogP contribution in [0.25, 0.3) is 0 Å². The summed E-state index contributed by atoms with van der Waals surface area (Å²) in [7, 11) is 0. The first-order chi connectivity index (χ1) is 14.2. The molecule has 0 fully saturated rings. The van der Waals surface area contributed by atoms with Crippen LogP contribution >= 0.6 is 0 Å². The minimum absolute atomic E-state index is 0.0665. The number of hydrogen-bond acceptors (Lipinski definition) is 4. The molecule has 1 unspecified atom stereocenters. The Hall–Kier alpha value is -3.91. The average Bonchev–Trinajstić information content (AvgIpc) is 2.78. The SMILES string of the molecule is N#Cc1ccc(COC(=O)C(Cc2ccccc2)NC(=O)c2ccccc2)cc1. The second kappa shape index (κ2) is 9.86. The van der Waals surface area contributed by atoms with Crippen LogP contribution < -0.4 is 5.32 Å². The van der Waals surface area contributed by atoms with E-state index in [9.17, 15) is 9.59 Å². The third-order valence-corrected chi connectivity index (χ3v) is 4.37. The quantitative estimate of drug-likeness (QED) is 0.631. The van der Waals surface area contributed by atoms with Gasteiger partial charge in [0.25, 0.3) is 5.91 Å². The van der Waals surface area contributed by atoms with E-state index in [0.717, 1.165) is 11.1 Å². The summed E-state index contributed by atoms with van der Waals surface area (Å²) < 4.78 is 5.44. The fraction of sp³-hybridized carbons (Fsp3) is 0.125. The van der Waals surface area contributed by atoms with Gasteiger partial charge in [-0.3, -0.25) is 4.79 Å². The fourth-order valence-corrected chi connectivity index (χ4v) is 2.80. The summed E-state index contributed by atoms with van der Waals surface area (Å²) in [5.74, 6) is -0.843. The lowest BCUT2D eigenvalue weighted by molar-refractivity contribution is -0.147. The lowest BCUT2D eigenvalue weighted by Gasteiger charge is -2.18. The summed E-state index contributed by atoms with van der Waals surface area (Å²) in [6, 6.07) is 26.2. The highest BCUT2D eigenvalue weighted by atomic mass is 16.5. The Morgan fingerprint density at radius 2 is 1.48 bits per heavy atom. The maximum atomic E-state index is 12.7. The van der Waals surface area contributed by atoms with Gasteiger partial charge >= 0.3 is 5.97 Å². The Balaban J connectivity index is 1.69. The van der Waals surface area contributed by atoms with Crippen molar-refractivity contribution in [3.05, 3.63) is 107 Å². The van der Waals surface area contributed by atoms with E-state index in [0.29, 0.717) is 17.5 Å². The number of rotatable bonds is 7. The molecule has 144 valence electrons. The number of esters is 1. The van der Waals surface area contributed by atoms with Gasteiger partial charge in [0.05, 0.1) is 11.6 Å². The molecule has 0 spiro atoms. The monoisotopic (exact) mass is 384 g/mol. The van der Waals surface area contributed by atoms with Gasteiger partial charge in [-0.2, -0.15) is 5.26 Å². The molecule has 0 aliphatic rings. The minimum atomic E-state index is -0.816. The standard InChI is InChI=1S/C24H20N2O3/c25-16-19-11-13-20(14-12-19)17-29-24(28)22(15-18-7-3-1-4-8-18)26-23(27)21-9-5-2-6-10-21/h1-14,22H,15,17H2,(H,26,27). The molecule has 5 nitrogen and oxygen atoms in total. The van der Waals surface area contributed by atoms with Crippen molar-refractivity contribution in [2.24, 2.45) is 0 Å². The fourth-order valence-electron chi connectivity index (χ4n) is 2.80. The van der Waals surface area contributed by atoms with Crippen LogP contribution in [0.1, 0.15) is 27.0 Å². The van der Waals surface area contributed by atoms with E-state index < -0.39 is 12.0 Å². The molecule has 3 rings (SSSR count). The summed E-state index contributed by atoms with van der Waals surface area (Å²) in [6.45, 7) is 0.0665. The van der Waals surface area contributed by atoms with Crippen molar-refractivity contribution in [1.82, 2.24) is 5.32 Å². The van der Waals surface area contributed by atoms with Gasteiger partial charge in [-0.1, -0.05) is 60.7 Å². The second-order valence-electron chi connectivity index (χ2n) is 6.50. The van der Waals surface area contributed by atoms with E-state index in [2.05, 4.69) is 5.32 Å². The van der Waals surface area contributed by atoms with Gasteiger partial charge in [0, 0.05) is 12.0 Å². The first-order valence-corrected chi connectivity index (χ1v) is 9.21. The van der Waals surface area contributed by atoms with Gasteiger partial charge in [-0.05, 0) is 35.4 Å². The van der Waals surface area contributed by atoms with Crippen molar-refractivity contribution in [2.75, 3.05) is 0 Å². The molecule has 29 heavy (non-hydrogen) atoms. The number of carbonyl (C=O) groups is 2. The van der Waals surface area contributed by atoms with Crippen LogP contribution in [-0.2, 0) is 22.6 Å². The molecular weight excluding hydrogens is 364 g/mol. The van der Waals surface area contributed by atoms with Gasteiger partial charge < -0.3 is 10.1 Å². The van der Waals surface area contributed by atoms with Crippen LogP contribution in [-0.4, -0.2) is 17.9 Å².